The van der Waals surface area contributed by atoms with Crippen molar-refractivity contribution in [2.75, 3.05) is 25.2 Å². The molecule has 0 radical (unpaired) electrons. The molecular weight excluding hydrogens is 402 g/mol. The van der Waals surface area contributed by atoms with Gasteiger partial charge in [-0.1, -0.05) is 23.7 Å². The van der Waals surface area contributed by atoms with Gasteiger partial charge < -0.3 is 14.6 Å². The monoisotopic (exact) mass is 421 g/mol. The Hall–Kier alpha value is -2.22. The Morgan fingerprint density at radius 3 is 2.61 bits per heavy atom. The number of ether oxygens (including phenoxy) is 2. The zero-order chi connectivity index (χ0) is 20.3. The lowest BCUT2D eigenvalue weighted by molar-refractivity contribution is -0.143. The van der Waals surface area contributed by atoms with Gasteiger partial charge in [-0.2, -0.15) is 0 Å². The molecule has 0 aliphatic carbocycles. The highest BCUT2D eigenvalue weighted by Gasteiger charge is 2.38. The van der Waals surface area contributed by atoms with E-state index in [-0.39, 0.29) is 13.2 Å². The molecule has 0 spiro atoms. The Morgan fingerprint density at radius 2 is 1.96 bits per heavy atom. The van der Waals surface area contributed by atoms with Crippen molar-refractivity contribution in [3.05, 3.63) is 53.1 Å². The van der Waals surface area contributed by atoms with Crippen LogP contribution >= 0.6 is 23.4 Å². The molecular formula is C20H20ClNO5S. The van der Waals surface area contributed by atoms with Gasteiger partial charge in [0.15, 0.2) is 0 Å². The Bertz CT molecular complexity index is 873. The predicted octanol–water partition coefficient (Wildman–Crippen LogP) is 3.45. The van der Waals surface area contributed by atoms with E-state index < -0.39 is 23.2 Å². The molecule has 28 heavy (non-hydrogen) atoms. The van der Waals surface area contributed by atoms with E-state index in [2.05, 4.69) is 0 Å². The molecule has 2 aromatic rings. The second-order valence-electron chi connectivity index (χ2n) is 6.10. The van der Waals surface area contributed by atoms with Crippen molar-refractivity contribution in [2.45, 2.75) is 23.2 Å². The van der Waals surface area contributed by atoms with E-state index in [9.17, 15) is 14.7 Å². The van der Waals surface area contributed by atoms with Gasteiger partial charge in [-0.05, 0) is 42.8 Å². The number of rotatable bonds is 5. The van der Waals surface area contributed by atoms with Crippen LogP contribution in [0.4, 0.5) is 5.69 Å². The number of amides is 1. The van der Waals surface area contributed by atoms with Gasteiger partial charge in [-0.3, -0.25) is 14.5 Å². The number of fused-ring (bicyclic) bond motifs is 1. The molecule has 3 rings (SSSR count). The molecule has 8 heteroatoms. The molecule has 2 aromatic carbocycles. The molecule has 1 aliphatic rings. The van der Waals surface area contributed by atoms with Crippen LogP contribution in [0, 0.1) is 0 Å². The number of nitrogens with zero attached hydrogens (tertiary/aromatic N) is 1. The van der Waals surface area contributed by atoms with Gasteiger partial charge in [0, 0.05) is 9.92 Å². The first-order valence-corrected chi connectivity index (χ1v) is 9.95. The molecule has 0 fully saturated rings. The first-order valence-electron chi connectivity index (χ1n) is 8.69. The van der Waals surface area contributed by atoms with Crippen LogP contribution in [0.5, 0.6) is 5.75 Å². The number of aliphatic hydroxyl groups excluding tert-OH is 1. The maximum Gasteiger partial charge on any atom is 0.326 e. The zero-order valence-electron chi connectivity index (χ0n) is 15.4. The van der Waals surface area contributed by atoms with Crippen molar-refractivity contribution in [3.63, 3.8) is 0 Å². The highest BCUT2D eigenvalue weighted by Crippen LogP contribution is 2.46. The third kappa shape index (κ3) is 4.27. The quantitative estimate of drug-likeness (QED) is 0.745. The van der Waals surface area contributed by atoms with Gasteiger partial charge in [-0.15, -0.1) is 11.8 Å². The molecule has 2 atom stereocenters. The molecule has 0 unspecified atom stereocenters. The van der Waals surface area contributed by atoms with Crippen LogP contribution < -0.4 is 9.64 Å². The van der Waals surface area contributed by atoms with Gasteiger partial charge in [0.05, 0.1) is 24.7 Å². The molecule has 1 amide bonds. The van der Waals surface area contributed by atoms with Crippen LogP contribution in [0.25, 0.3) is 0 Å². The van der Waals surface area contributed by atoms with E-state index in [4.69, 9.17) is 21.1 Å². The van der Waals surface area contributed by atoms with Crippen LogP contribution in [-0.4, -0.2) is 43.3 Å². The number of carbonyl (C=O) groups is 2. The van der Waals surface area contributed by atoms with Crippen molar-refractivity contribution >= 4 is 40.9 Å². The minimum atomic E-state index is -1.35. The lowest BCUT2D eigenvalue weighted by atomic mass is 10.1. The topological polar surface area (TPSA) is 76.1 Å². The van der Waals surface area contributed by atoms with Crippen LogP contribution in [0.2, 0.25) is 5.02 Å². The average Bonchev–Trinajstić information content (AvgIpc) is 2.78. The summed E-state index contributed by atoms with van der Waals surface area (Å²) in [5.74, 6) is -0.435. The van der Waals surface area contributed by atoms with Crippen LogP contribution in [0.1, 0.15) is 17.7 Å². The summed E-state index contributed by atoms with van der Waals surface area (Å²) in [4.78, 5) is 27.0. The van der Waals surface area contributed by atoms with E-state index in [1.807, 2.05) is 0 Å². The molecule has 6 nitrogen and oxygen atoms in total. The third-order valence-electron chi connectivity index (χ3n) is 4.31. The minimum absolute atomic E-state index is 0.208. The molecule has 1 N–H and O–H groups in total. The molecule has 1 heterocycles. The number of anilines is 1. The standard InChI is InChI=1S/C20H20ClNO5S/c1-3-27-17(23)11-22-15-9-6-13(21)10-16(15)28-19(18(24)20(22)25)12-4-7-14(26-2)8-5-12/h4-10,18-19,24H,3,11H2,1-2H3/t18-,19+/m1/s1. The van der Waals surface area contributed by atoms with Gasteiger partial charge in [0.25, 0.3) is 5.91 Å². The smallest absolute Gasteiger partial charge is 0.326 e. The average molecular weight is 422 g/mol. The van der Waals surface area contributed by atoms with E-state index >= 15 is 0 Å². The van der Waals surface area contributed by atoms with Gasteiger partial charge >= 0.3 is 5.97 Å². The number of esters is 1. The van der Waals surface area contributed by atoms with Gasteiger partial charge in [-0.25, -0.2) is 0 Å². The normalized spacial score (nSPS) is 19.0. The van der Waals surface area contributed by atoms with E-state index in [0.29, 0.717) is 21.4 Å². The minimum Gasteiger partial charge on any atom is -0.497 e. The summed E-state index contributed by atoms with van der Waals surface area (Å²) in [6.45, 7) is 1.62. The SMILES string of the molecule is CCOC(=O)CN1C(=O)[C@H](O)[C@H](c2ccc(OC)cc2)Sc2cc(Cl)ccc21. The lowest BCUT2D eigenvalue weighted by Gasteiger charge is -2.24. The zero-order valence-corrected chi connectivity index (χ0v) is 17.0. The fraction of sp³-hybridized carbons (Fsp3) is 0.300. The molecule has 0 saturated heterocycles. The Morgan fingerprint density at radius 1 is 1.25 bits per heavy atom. The second-order valence-corrected chi connectivity index (χ2v) is 7.72. The number of methoxy groups -OCH3 is 1. The van der Waals surface area contributed by atoms with Crippen molar-refractivity contribution in [3.8, 4) is 5.75 Å². The Labute approximate surface area is 172 Å². The molecule has 1 aliphatic heterocycles. The first kappa shape index (κ1) is 20.5. The van der Waals surface area contributed by atoms with E-state index in [1.165, 1.54) is 16.7 Å². The van der Waals surface area contributed by atoms with Crippen LogP contribution in [0.15, 0.2) is 47.4 Å². The van der Waals surface area contributed by atoms with Crippen molar-refractivity contribution in [1.29, 1.82) is 0 Å². The lowest BCUT2D eigenvalue weighted by Crippen LogP contribution is -2.43. The van der Waals surface area contributed by atoms with Crippen molar-refractivity contribution in [2.24, 2.45) is 0 Å². The number of hydrogen-bond acceptors (Lipinski definition) is 6. The predicted molar refractivity (Wildman–Crippen MR) is 108 cm³/mol. The maximum atomic E-state index is 13.0. The van der Waals surface area contributed by atoms with E-state index in [1.54, 1.807) is 56.5 Å². The molecule has 0 saturated carbocycles. The summed E-state index contributed by atoms with van der Waals surface area (Å²) in [5.41, 5.74) is 1.28. The van der Waals surface area contributed by atoms with Crippen LogP contribution in [-0.2, 0) is 14.3 Å². The first-order chi connectivity index (χ1) is 13.4. The molecule has 0 bridgehead atoms. The summed E-state index contributed by atoms with van der Waals surface area (Å²) in [6.07, 6.45) is -1.35. The van der Waals surface area contributed by atoms with Crippen molar-refractivity contribution in [1.82, 2.24) is 0 Å². The fourth-order valence-electron chi connectivity index (χ4n) is 2.96. The number of hydrogen-bond donors (Lipinski definition) is 1. The summed E-state index contributed by atoms with van der Waals surface area (Å²) in [5, 5.41) is 10.8. The summed E-state index contributed by atoms with van der Waals surface area (Å²) in [7, 11) is 1.57. The Balaban J connectivity index is 2.01. The van der Waals surface area contributed by atoms with E-state index in [0.717, 1.165) is 5.56 Å². The van der Waals surface area contributed by atoms with Gasteiger partial charge in [0.1, 0.15) is 18.4 Å². The Kier molecular flexibility index (Phi) is 6.49. The van der Waals surface area contributed by atoms with Crippen molar-refractivity contribution < 1.29 is 24.2 Å². The highest BCUT2D eigenvalue weighted by molar-refractivity contribution is 7.99. The fourth-order valence-corrected chi connectivity index (χ4v) is 4.50. The number of thioether (sulfide) groups is 1. The number of carbonyl (C=O) groups excluding carboxylic acids is 2. The highest BCUT2D eigenvalue weighted by atomic mass is 35.5. The summed E-state index contributed by atoms with van der Waals surface area (Å²) >= 11 is 7.48. The number of halogens is 1. The van der Waals surface area contributed by atoms with Crippen LogP contribution in [0.3, 0.4) is 0 Å². The third-order valence-corrected chi connectivity index (χ3v) is 5.91. The summed E-state index contributed by atoms with van der Waals surface area (Å²) in [6, 6.07) is 12.2. The molecule has 0 aromatic heterocycles. The largest absolute Gasteiger partial charge is 0.497 e. The maximum absolute atomic E-state index is 13.0. The number of benzene rings is 2. The van der Waals surface area contributed by atoms with Gasteiger partial charge in [0.2, 0.25) is 0 Å². The summed E-state index contributed by atoms with van der Waals surface area (Å²) < 4.78 is 10.2. The molecule has 148 valence electrons. The number of aliphatic hydroxyl groups is 1. The second kappa shape index (κ2) is 8.86.